The molecule has 0 unspecified atom stereocenters. The number of ether oxygens (including phenoxy) is 1. The molecule has 0 bridgehead atoms. The van der Waals surface area contributed by atoms with Crippen molar-refractivity contribution in [1.29, 1.82) is 0 Å². The lowest BCUT2D eigenvalue weighted by atomic mass is 10.1. The average Bonchev–Trinajstić information content (AvgIpc) is 2.46. The van der Waals surface area contributed by atoms with Gasteiger partial charge in [-0.1, -0.05) is 47.1 Å². The van der Waals surface area contributed by atoms with Crippen LogP contribution < -0.4 is 10.5 Å². The smallest absolute Gasteiger partial charge is 0.170 e. The van der Waals surface area contributed by atoms with Crippen molar-refractivity contribution in [2.24, 2.45) is 10.9 Å². The number of oxime groups is 1. The zero-order valence-corrected chi connectivity index (χ0v) is 10.7. The number of hydrogen-bond acceptors (Lipinski definition) is 3. The molecule has 0 aliphatic carbocycles. The van der Waals surface area contributed by atoms with E-state index in [-0.39, 0.29) is 5.84 Å². The molecule has 2 aromatic carbocycles. The van der Waals surface area contributed by atoms with Crippen LogP contribution in [-0.2, 0) is 6.61 Å². The second-order valence-corrected chi connectivity index (χ2v) is 4.28. The van der Waals surface area contributed by atoms with Crippen LogP contribution in [0.15, 0.2) is 53.7 Å². The highest BCUT2D eigenvalue weighted by Gasteiger charge is 2.00. The molecule has 0 aliphatic rings. The Morgan fingerprint density at radius 2 is 1.74 bits per heavy atom. The summed E-state index contributed by atoms with van der Waals surface area (Å²) in [5.74, 6) is 0.942. The molecule has 0 saturated heterocycles. The van der Waals surface area contributed by atoms with Crippen LogP contribution in [0.2, 0.25) is 0 Å². The third-order valence-electron chi connectivity index (χ3n) is 2.78. The van der Waals surface area contributed by atoms with E-state index in [2.05, 4.69) is 5.16 Å². The molecule has 98 valence electrons. The summed E-state index contributed by atoms with van der Waals surface area (Å²) in [5.41, 5.74) is 8.40. The van der Waals surface area contributed by atoms with E-state index in [1.165, 1.54) is 5.56 Å². The van der Waals surface area contributed by atoms with Crippen LogP contribution in [0.3, 0.4) is 0 Å². The van der Waals surface area contributed by atoms with E-state index in [0.29, 0.717) is 12.2 Å². The Labute approximate surface area is 112 Å². The van der Waals surface area contributed by atoms with Crippen molar-refractivity contribution in [3.63, 3.8) is 0 Å². The Balaban J connectivity index is 1.98. The van der Waals surface area contributed by atoms with Crippen LogP contribution >= 0.6 is 0 Å². The van der Waals surface area contributed by atoms with Crippen LogP contribution in [-0.4, -0.2) is 11.0 Å². The third kappa shape index (κ3) is 3.48. The van der Waals surface area contributed by atoms with Crippen molar-refractivity contribution in [3.05, 3.63) is 65.2 Å². The predicted octanol–water partition coefficient (Wildman–Crippen LogP) is 2.67. The molecule has 0 fully saturated rings. The van der Waals surface area contributed by atoms with E-state index in [4.69, 9.17) is 15.7 Å². The number of benzene rings is 2. The summed E-state index contributed by atoms with van der Waals surface area (Å²) in [6.45, 7) is 2.52. The maximum atomic E-state index is 8.57. The van der Waals surface area contributed by atoms with Gasteiger partial charge in [-0.25, -0.2) is 0 Å². The van der Waals surface area contributed by atoms with E-state index in [9.17, 15) is 0 Å². The molecule has 4 heteroatoms. The molecule has 3 N–H and O–H groups in total. The molecule has 0 heterocycles. The Kier molecular flexibility index (Phi) is 4.03. The van der Waals surface area contributed by atoms with Crippen molar-refractivity contribution in [2.45, 2.75) is 13.5 Å². The van der Waals surface area contributed by atoms with Crippen LogP contribution in [0, 0.1) is 6.92 Å². The van der Waals surface area contributed by atoms with Gasteiger partial charge in [0.2, 0.25) is 0 Å². The van der Waals surface area contributed by atoms with Gasteiger partial charge >= 0.3 is 0 Å². The molecule has 0 radical (unpaired) electrons. The highest BCUT2D eigenvalue weighted by molar-refractivity contribution is 5.96. The van der Waals surface area contributed by atoms with E-state index < -0.39 is 0 Å². The highest BCUT2D eigenvalue weighted by atomic mass is 16.5. The standard InChI is InChI=1S/C15H16N2O2/c1-11-2-8-14(9-3-11)19-10-12-4-6-13(7-5-12)15(16)17-18/h2-9,18H,10H2,1H3,(H2,16,17). The summed E-state index contributed by atoms with van der Waals surface area (Å²) in [7, 11) is 0. The second kappa shape index (κ2) is 5.91. The van der Waals surface area contributed by atoms with E-state index >= 15 is 0 Å². The summed E-state index contributed by atoms with van der Waals surface area (Å²) >= 11 is 0. The quantitative estimate of drug-likeness (QED) is 0.382. The Bertz CT molecular complexity index is 560. The first-order valence-electron chi connectivity index (χ1n) is 5.95. The van der Waals surface area contributed by atoms with Gasteiger partial charge in [0.15, 0.2) is 5.84 Å². The minimum absolute atomic E-state index is 0.103. The summed E-state index contributed by atoms with van der Waals surface area (Å²) in [6, 6.07) is 15.3. The van der Waals surface area contributed by atoms with Crippen molar-refractivity contribution in [2.75, 3.05) is 0 Å². The van der Waals surface area contributed by atoms with Crippen molar-refractivity contribution >= 4 is 5.84 Å². The molecule has 19 heavy (non-hydrogen) atoms. The summed E-state index contributed by atoms with van der Waals surface area (Å²) < 4.78 is 5.66. The third-order valence-corrected chi connectivity index (χ3v) is 2.78. The van der Waals surface area contributed by atoms with Crippen LogP contribution in [0.25, 0.3) is 0 Å². The number of nitrogens with two attached hydrogens (primary N) is 1. The fourth-order valence-corrected chi connectivity index (χ4v) is 1.63. The van der Waals surface area contributed by atoms with Gasteiger partial charge in [-0.2, -0.15) is 0 Å². The lowest BCUT2D eigenvalue weighted by Gasteiger charge is -2.07. The summed E-state index contributed by atoms with van der Waals surface area (Å²) in [4.78, 5) is 0. The predicted molar refractivity (Wildman–Crippen MR) is 74.5 cm³/mol. The average molecular weight is 256 g/mol. The molecule has 2 rings (SSSR count). The Morgan fingerprint density at radius 1 is 1.11 bits per heavy atom. The van der Waals surface area contributed by atoms with E-state index in [1.807, 2.05) is 43.3 Å². The largest absolute Gasteiger partial charge is 0.489 e. The monoisotopic (exact) mass is 256 g/mol. The first-order valence-corrected chi connectivity index (χ1v) is 5.95. The van der Waals surface area contributed by atoms with Crippen LogP contribution in [0.1, 0.15) is 16.7 Å². The molecule has 0 atom stereocenters. The maximum absolute atomic E-state index is 8.57. The fraction of sp³-hybridized carbons (Fsp3) is 0.133. The number of rotatable bonds is 4. The second-order valence-electron chi connectivity index (χ2n) is 4.28. The normalized spacial score (nSPS) is 11.3. The molecule has 0 saturated carbocycles. The van der Waals surface area contributed by atoms with Gasteiger partial charge in [-0.05, 0) is 24.6 Å². The highest BCUT2D eigenvalue weighted by Crippen LogP contribution is 2.14. The summed E-state index contributed by atoms with van der Waals surface area (Å²) in [5, 5.41) is 11.5. The molecule has 2 aromatic rings. The topological polar surface area (TPSA) is 67.8 Å². The van der Waals surface area contributed by atoms with Gasteiger partial charge in [-0.3, -0.25) is 0 Å². The van der Waals surface area contributed by atoms with Gasteiger partial charge in [0.05, 0.1) is 0 Å². The van der Waals surface area contributed by atoms with Crippen molar-refractivity contribution in [1.82, 2.24) is 0 Å². The first-order chi connectivity index (χ1) is 9.19. The molecule has 0 spiro atoms. The molecule has 4 nitrogen and oxygen atoms in total. The zero-order valence-electron chi connectivity index (χ0n) is 10.7. The lowest BCUT2D eigenvalue weighted by Crippen LogP contribution is -2.12. The molecular formula is C15H16N2O2. The van der Waals surface area contributed by atoms with E-state index in [1.54, 1.807) is 12.1 Å². The minimum Gasteiger partial charge on any atom is -0.489 e. The molecular weight excluding hydrogens is 240 g/mol. The SMILES string of the molecule is Cc1ccc(OCc2ccc(/C(N)=N/O)cc2)cc1. The number of nitrogens with zero attached hydrogens (tertiary/aromatic N) is 1. The minimum atomic E-state index is 0.103. The van der Waals surface area contributed by atoms with Gasteiger partial charge in [-0.15, -0.1) is 0 Å². The van der Waals surface area contributed by atoms with Gasteiger partial charge < -0.3 is 15.7 Å². The van der Waals surface area contributed by atoms with Gasteiger partial charge in [0.25, 0.3) is 0 Å². The lowest BCUT2D eigenvalue weighted by molar-refractivity contribution is 0.306. The first kappa shape index (κ1) is 13.0. The maximum Gasteiger partial charge on any atom is 0.170 e. The summed E-state index contributed by atoms with van der Waals surface area (Å²) in [6.07, 6.45) is 0. The van der Waals surface area contributed by atoms with Crippen molar-refractivity contribution in [3.8, 4) is 5.75 Å². The zero-order chi connectivity index (χ0) is 13.7. The number of amidine groups is 1. The molecule has 0 aromatic heterocycles. The molecule has 0 aliphatic heterocycles. The van der Waals surface area contributed by atoms with Gasteiger partial charge in [0.1, 0.15) is 12.4 Å². The molecule has 0 amide bonds. The van der Waals surface area contributed by atoms with Crippen LogP contribution in [0.4, 0.5) is 0 Å². The Morgan fingerprint density at radius 3 is 2.32 bits per heavy atom. The number of hydrogen-bond donors (Lipinski definition) is 2. The van der Waals surface area contributed by atoms with Gasteiger partial charge in [0, 0.05) is 5.56 Å². The number of aryl methyl sites for hydroxylation is 1. The fourth-order valence-electron chi connectivity index (χ4n) is 1.63. The Hall–Kier alpha value is -2.49. The van der Waals surface area contributed by atoms with Crippen molar-refractivity contribution < 1.29 is 9.94 Å². The van der Waals surface area contributed by atoms with E-state index in [0.717, 1.165) is 11.3 Å². The van der Waals surface area contributed by atoms with Crippen LogP contribution in [0.5, 0.6) is 5.75 Å².